The molecule has 1 aromatic carbocycles. The second kappa shape index (κ2) is 8.31. The Morgan fingerprint density at radius 1 is 1.10 bits per heavy atom. The third kappa shape index (κ3) is 5.00. The minimum atomic E-state index is -0.976. The van der Waals surface area contributed by atoms with Gasteiger partial charge in [-0.05, 0) is 24.5 Å². The van der Waals surface area contributed by atoms with Crippen molar-refractivity contribution in [2.24, 2.45) is 5.92 Å². The van der Waals surface area contributed by atoms with E-state index in [4.69, 9.17) is 5.11 Å². The Hall–Kier alpha value is -1.90. The molecule has 0 fully saturated rings. The van der Waals surface area contributed by atoms with Gasteiger partial charge in [-0.25, -0.2) is 4.79 Å². The normalized spacial score (nSPS) is 11.2. The molecule has 0 aliphatic rings. The number of rotatable bonds is 8. The summed E-state index contributed by atoms with van der Waals surface area (Å²) >= 11 is 0. The van der Waals surface area contributed by atoms with Crippen LogP contribution >= 0.6 is 0 Å². The molecule has 20 heavy (non-hydrogen) atoms. The van der Waals surface area contributed by atoms with Crippen molar-refractivity contribution in [3.63, 3.8) is 0 Å². The summed E-state index contributed by atoms with van der Waals surface area (Å²) in [5, 5.41) is 8.57. The van der Waals surface area contributed by atoms with Crippen LogP contribution in [0.2, 0.25) is 0 Å². The summed E-state index contributed by atoms with van der Waals surface area (Å²) in [6, 6.07) is 7.12. The molecule has 0 aromatic heterocycles. The Bertz CT molecular complexity index is 466. The van der Waals surface area contributed by atoms with E-state index in [1.54, 1.807) is 24.3 Å². The number of benzene rings is 1. The summed E-state index contributed by atoms with van der Waals surface area (Å²) in [4.78, 5) is 22.8. The number of carbonyl (C=O) groups is 2. The largest absolute Gasteiger partial charge is 0.478 e. The quantitative estimate of drug-likeness (QED) is 0.571. The van der Waals surface area contributed by atoms with Crippen molar-refractivity contribution in [1.29, 1.82) is 0 Å². The van der Waals surface area contributed by atoms with E-state index >= 15 is 0 Å². The molecule has 0 atom stereocenters. The minimum Gasteiger partial charge on any atom is -0.478 e. The van der Waals surface area contributed by atoms with Crippen LogP contribution in [-0.2, 0) is 4.79 Å². The van der Waals surface area contributed by atoms with Crippen LogP contribution < -0.4 is 0 Å². The van der Waals surface area contributed by atoms with Crippen LogP contribution in [0, 0.1) is 5.92 Å². The molecule has 1 aromatic rings. The van der Waals surface area contributed by atoms with Crippen molar-refractivity contribution in [2.45, 2.75) is 39.5 Å². The van der Waals surface area contributed by atoms with Gasteiger partial charge < -0.3 is 5.11 Å². The maximum Gasteiger partial charge on any atom is 0.328 e. The van der Waals surface area contributed by atoms with Crippen molar-refractivity contribution in [3.05, 3.63) is 41.5 Å². The van der Waals surface area contributed by atoms with Gasteiger partial charge >= 0.3 is 5.97 Å². The molecule has 0 aliphatic carbocycles. The first-order valence-electron chi connectivity index (χ1n) is 7.13. The number of hydrogen-bond donors (Lipinski definition) is 1. The summed E-state index contributed by atoms with van der Waals surface area (Å²) in [7, 11) is 0. The second-order valence-electron chi connectivity index (χ2n) is 4.93. The van der Waals surface area contributed by atoms with Gasteiger partial charge in [0.05, 0.1) is 0 Å². The van der Waals surface area contributed by atoms with Crippen molar-refractivity contribution in [3.8, 4) is 0 Å². The Kier molecular flexibility index (Phi) is 6.71. The molecular weight excluding hydrogens is 252 g/mol. The summed E-state index contributed by atoms with van der Waals surface area (Å²) in [5.74, 6) is -0.677. The first-order chi connectivity index (χ1) is 9.58. The molecule has 0 radical (unpaired) electrons. The van der Waals surface area contributed by atoms with Crippen molar-refractivity contribution >= 4 is 17.8 Å². The van der Waals surface area contributed by atoms with Gasteiger partial charge in [-0.3, -0.25) is 4.79 Å². The number of carboxylic acids is 1. The van der Waals surface area contributed by atoms with E-state index in [1.165, 1.54) is 6.08 Å². The molecule has 0 aliphatic heterocycles. The number of ketones is 1. The lowest BCUT2D eigenvalue weighted by atomic mass is 9.89. The van der Waals surface area contributed by atoms with E-state index in [2.05, 4.69) is 13.8 Å². The molecule has 0 saturated heterocycles. The molecular formula is C17H22O3. The van der Waals surface area contributed by atoms with E-state index in [9.17, 15) is 9.59 Å². The van der Waals surface area contributed by atoms with E-state index in [0.29, 0.717) is 5.56 Å². The molecule has 0 heterocycles. The fourth-order valence-corrected chi connectivity index (χ4v) is 2.27. The molecule has 1 rings (SSSR count). The van der Waals surface area contributed by atoms with Gasteiger partial charge in [0.2, 0.25) is 0 Å². The van der Waals surface area contributed by atoms with Gasteiger partial charge in [-0.1, -0.05) is 51.0 Å². The summed E-state index contributed by atoms with van der Waals surface area (Å²) < 4.78 is 0. The number of carboxylic acid groups (broad SMARTS) is 1. The lowest BCUT2D eigenvalue weighted by Gasteiger charge is -2.14. The van der Waals surface area contributed by atoms with Crippen LogP contribution in [0.5, 0.6) is 0 Å². The van der Waals surface area contributed by atoms with Crippen LogP contribution in [0.15, 0.2) is 30.3 Å². The molecule has 0 saturated carbocycles. The van der Waals surface area contributed by atoms with E-state index in [-0.39, 0.29) is 11.7 Å². The summed E-state index contributed by atoms with van der Waals surface area (Å²) in [6.45, 7) is 4.19. The minimum absolute atomic E-state index is 0.102. The average Bonchev–Trinajstić information content (AvgIpc) is 2.44. The molecule has 3 heteroatoms. The number of aliphatic carboxylic acids is 1. The Balaban J connectivity index is 2.80. The zero-order chi connectivity index (χ0) is 15.0. The highest BCUT2D eigenvalue weighted by Crippen LogP contribution is 2.20. The molecule has 0 spiro atoms. The fourth-order valence-electron chi connectivity index (χ4n) is 2.27. The van der Waals surface area contributed by atoms with Gasteiger partial charge in [0.25, 0.3) is 0 Å². The number of carbonyl (C=O) groups excluding carboxylic acids is 1. The van der Waals surface area contributed by atoms with Gasteiger partial charge in [-0.2, -0.15) is 0 Å². The monoisotopic (exact) mass is 274 g/mol. The predicted octanol–water partition coefficient (Wildman–Crippen LogP) is 4.18. The second-order valence-corrected chi connectivity index (χ2v) is 4.93. The van der Waals surface area contributed by atoms with E-state index in [1.807, 2.05) is 0 Å². The van der Waals surface area contributed by atoms with Crippen LogP contribution in [0.1, 0.15) is 55.5 Å². The Labute approximate surface area is 120 Å². The Morgan fingerprint density at radius 2 is 1.65 bits per heavy atom. The smallest absolute Gasteiger partial charge is 0.328 e. The topological polar surface area (TPSA) is 54.4 Å². The van der Waals surface area contributed by atoms with Crippen molar-refractivity contribution in [1.82, 2.24) is 0 Å². The highest BCUT2D eigenvalue weighted by Gasteiger charge is 2.17. The zero-order valence-electron chi connectivity index (χ0n) is 12.1. The van der Waals surface area contributed by atoms with E-state index < -0.39 is 5.97 Å². The van der Waals surface area contributed by atoms with Crippen molar-refractivity contribution in [2.75, 3.05) is 0 Å². The van der Waals surface area contributed by atoms with Crippen molar-refractivity contribution < 1.29 is 14.7 Å². The SMILES string of the molecule is CCCC(CCC)C(=O)c1ccc(C=CC(=O)O)cc1. The molecule has 0 unspecified atom stereocenters. The molecule has 1 N–H and O–H groups in total. The summed E-state index contributed by atoms with van der Waals surface area (Å²) in [5.41, 5.74) is 1.50. The number of hydrogen-bond acceptors (Lipinski definition) is 2. The standard InChI is InChI=1S/C17H22O3/c1-3-5-14(6-4-2)17(20)15-10-7-13(8-11-15)9-12-16(18)19/h7-12,14H,3-6H2,1-2H3,(H,18,19). The third-order valence-corrected chi connectivity index (χ3v) is 3.26. The lowest BCUT2D eigenvalue weighted by Crippen LogP contribution is -2.14. The molecule has 0 bridgehead atoms. The first kappa shape index (κ1) is 16.2. The van der Waals surface area contributed by atoms with Gasteiger partial charge in [0, 0.05) is 17.6 Å². The maximum atomic E-state index is 12.4. The Morgan fingerprint density at radius 3 is 2.10 bits per heavy atom. The first-order valence-corrected chi connectivity index (χ1v) is 7.13. The molecule has 108 valence electrons. The van der Waals surface area contributed by atoms with Crippen LogP contribution in [0.3, 0.4) is 0 Å². The highest BCUT2D eigenvalue weighted by atomic mass is 16.4. The molecule has 3 nitrogen and oxygen atoms in total. The van der Waals surface area contributed by atoms with E-state index in [0.717, 1.165) is 37.3 Å². The highest BCUT2D eigenvalue weighted by molar-refractivity contribution is 5.98. The fraction of sp³-hybridized carbons (Fsp3) is 0.412. The predicted molar refractivity (Wildman–Crippen MR) is 80.7 cm³/mol. The van der Waals surface area contributed by atoms with Gasteiger partial charge in [-0.15, -0.1) is 0 Å². The summed E-state index contributed by atoms with van der Waals surface area (Å²) in [6.07, 6.45) is 6.48. The van der Waals surface area contributed by atoms with Gasteiger partial charge in [0.15, 0.2) is 5.78 Å². The number of Topliss-reactive ketones (excluding diaryl/α,β-unsaturated/α-hetero) is 1. The van der Waals surface area contributed by atoms with Gasteiger partial charge in [0.1, 0.15) is 0 Å². The van der Waals surface area contributed by atoms with Crippen LogP contribution in [-0.4, -0.2) is 16.9 Å². The van der Waals surface area contributed by atoms with Crippen LogP contribution in [0.4, 0.5) is 0 Å². The lowest BCUT2D eigenvalue weighted by molar-refractivity contribution is -0.131. The average molecular weight is 274 g/mol. The zero-order valence-corrected chi connectivity index (χ0v) is 12.1. The third-order valence-electron chi connectivity index (χ3n) is 3.26. The van der Waals surface area contributed by atoms with Crippen LogP contribution in [0.25, 0.3) is 6.08 Å². The molecule has 0 amide bonds. The maximum absolute atomic E-state index is 12.4.